The highest BCUT2D eigenvalue weighted by molar-refractivity contribution is 5.71. The van der Waals surface area contributed by atoms with Gasteiger partial charge >= 0.3 is 0 Å². The molecule has 176 valence electrons. The summed E-state index contributed by atoms with van der Waals surface area (Å²) < 4.78 is 11.2. The fraction of sp³-hybridized carbons (Fsp3) is 0.458. The smallest absolute Gasteiger partial charge is 0.162 e. The Balaban J connectivity index is 1.71. The molecule has 0 spiro atoms. The van der Waals surface area contributed by atoms with Crippen LogP contribution in [0.15, 0.2) is 34.9 Å². The number of hydrogen-bond donors (Lipinski definition) is 3. The van der Waals surface area contributed by atoms with E-state index in [4.69, 9.17) is 19.2 Å². The number of aromatic nitrogens is 3. The molecule has 0 radical (unpaired) electrons. The molecule has 3 heterocycles. The predicted octanol–water partition coefficient (Wildman–Crippen LogP) is 2.17. The van der Waals surface area contributed by atoms with E-state index in [1.165, 1.54) is 0 Å². The zero-order chi connectivity index (χ0) is 23.4. The van der Waals surface area contributed by atoms with E-state index in [-0.39, 0.29) is 6.61 Å². The Kier molecular flexibility index (Phi) is 7.22. The third kappa shape index (κ3) is 5.50. The van der Waals surface area contributed by atoms with Gasteiger partial charge in [-0.1, -0.05) is 17.3 Å². The van der Waals surface area contributed by atoms with Crippen LogP contribution in [0.25, 0.3) is 22.6 Å². The summed E-state index contributed by atoms with van der Waals surface area (Å²) in [7, 11) is 1.80. The second-order valence-corrected chi connectivity index (χ2v) is 8.49. The van der Waals surface area contributed by atoms with Crippen LogP contribution in [-0.2, 0) is 0 Å². The number of aryl methyl sites for hydroxylation is 2. The summed E-state index contributed by atoms with van der Waals surface area (Å²) in [4.78, 5) is 12.1. The van der Waals surface area contributed by atoms with Gasteiger partial charge in [-0.25, -0.2) is 9.97 Å². The van der Waals surface area contributed by atoms with Crippen molar-refractivity contribution in [1.29, 1.82) is 0 Å². The minimum Gasteiger partial charge on any atom is -0.491 e. The van der Waals surface area contributed by atoms with Gasteiger partial charge in [-0.2, -0.15) is 0 Å². The first kappa shape index (κ1) is 23.2. The van der Waals surface area contributed by atoms with Crippen molar-refractivity contribution in [2.24, 2.45) is 0 Å². The predicted molar refractivity (Wildman–Crippen MR) is 128 cm³/mol. The number of hydrogen-bond acceptors (Lipinski definition) is 9. The lowest BCUT2D eigenvalue weighted by Gasteiger charge is -2.33. The minimum absolute atomic E-state index is 0.203. The fourth-order valence-corrected chi connectivity index (χ4v) is 4.05. The maximum Gasteiger partial charge on any atom is 0.162 e. The molecule has 1 aliphatic rings. The summed E-state index contributed by atoms with van der Waals surface area (Å²) in [6.07, 6.45) is -0.584. The van der Waals surface area contributed by atoms with Gasteiger partial charge in [0.2, 0.25) is 0 Å². The van der Waals surface area contributed by atoms with Gasteiger partial charge in [-0.15, -0.1) is 0 Å². The van der Waals surface area contributed by atoms with E-state index >= 15 is 0 Å². The minimum atomic E-state index is -0.584. The van der Waals surface area contributed by atoms with Gasteiger partial charge in [0.25, 0.3) is 0 Å². The van der Waals surface area contributed by atoms with E-state index < -0.39 is 6.10 Å². The Hall–Kier alpha value is -3.01. The van der Waals surface area contributed by atoms with Crippen LogP contribution in [-0.4, -0.2) is 72.2 Å². The molecule has 4 rings (SSSR count). The number of piperazine rings is 1. The molecule has 9 heteroatoms. The highest BCUT2D eigenvalue weighted by Gasteiger charge is 2.22. The van der Waals surface area contributed by atoms with Crippen LogP contribution in [0.4, 0.5) is 5.82 Å². The van der Waals surface area contributed by atoms with Crippen molar-refractivity contribution in [1.82, 2.24) is 25.8 Å². The number of nitrogens with one attached hydrogen (secondary N) is 2. The summed E-state index contributed by atoms with van der Waals surface area (Å²) in [5.74, 6) is 2.87. The van der Waals surface area contributed by atoms with Crippen molar-refractivity contribution in [3.63, 3.8) is 0 Å². The SMILES string of the molecule is CNCC(O)COc1cccc(-c2nc(-c3c(C)noc3C)cc(N3CCNC(C)C3)n2)c1. The maximum absolute atomic E-state index is 9.96. The molecule has 0 aliphatic carbocycles. The lowest BCUT2D eigenvalue weighted by Crippen LogP contribution is -2.49. The quantitative estimate of drug-likeness (QED) is 0.474. The Morgan fingerprint density at radius 2 is 2.15 bits per heavy atom. The molecule has 0 saturated carbocycles. The van der Waals surface area contributed by atoms with Crippen LogP contribution in [0, 0.1) is 13.8 Å². The molecule has 2 unspecified atom stereocenters. The lowest BCUT2D eigenvalue weighted by atomic mass is 10.1. The molecule has 2 aromatic heterocycles. The van der Waals surface area contributed by atoms with Gasteiger partial charge in [0.15, 0.2) is 5.82 Å². The summed E-state index contributed by atoms with van der Waals surface area (Å²) in [6, 6.07) is 10.0. The van der Waals surface area contributed by atoms with Crippen LogP contribution in [0.5, 0.6) is 5.75 Å². The van der Waals surface area contributed by atoms with Crippen molar-refractivity contribution in [2.45, 2.75) is 32.9 Å². The monoisotopic (exact) mass is 452 g/mol. The first-order valence-electron chi connectivity index (χ1n) is 11.3. The summed E-state index contributed by atoms with van der Waals surface area (Å²) in [5.41, 5.74) is 3.32. The average Bonchev–Trinajstić information content (AvgIpc) is 3.15. The van der Waals surface area contributed by atoms with Gasteiger partial charge in [0.05, 0.1) is 17.0 Å². The van der Waals surface area contributed by atoms with E-state index in [1.54, 1.807) is 7.05 Å². The van der Waals surface area contributed by atoms with Crippen molar-refractivity contribution >= 4 is 5.82 Å². The van der Waals surface area contributed by atoms with E-state index in [1.807, 2.05) is 44.2 Å². The summed E-state index contributed by atoms with van der Waals surface area (Å²) in [6.45, 7) is 9.30. The first-order chi connectivity index (χ1) is 15.9. The molecular formula is C24H32N6O3. The summed E-state index contributed by atoms with van der Waals surface area (Å²) >= 11 is 0. The number of anilines is 1. The molecule has 0 bridgehead atoms. The molecule has 33 heavy (non-hydrogen) atoms. The molecule has 9 nitrogen and oxygen atoms in total. The van der Waals surface area contributed by atoms with E-state index in [9.17, 15) is 5.11 Å². The number of ether oxygens (including phenoxy) is 1. The van der Waals surface area contributed by atoms with E-state index in [0.717, 1.165) is 53.7 Å². The number of benzene rings is 1. The highest BCUT2D eigenvalue weighted by atomic mass is 16.5. The van der Waals surface area contributed by atoms with Crippen molar-refractivity contribution in [3.05, 3.63) is 41.8 Å². The number of nitrogens with zero attached hydrogens (tertiary/aromatic N) is 4. The van der Waals surface area contributed by atoms with E-state index in [2.05, 4.69) is 27.6 Å². The summed E-state index contributed by atoms with van der Waals surface area (Å²) in [5, 5.41) is 20.5. The van der Waals surface area contributed by atoms with Crippen molar-refractivity contribution < 1.29 is 14.4 Å². The van der Waals surface area contributed by atoms with Gasteiger partial charge in [0, 0.05) is 43.9 Å². The number of aliphatic hydroxyl groups excluding tert-OH is 1. The standard InChI is InChI=1S/C24H32N6O3/c1-15-13-30(9-8-26-15)22-11-21(23-16(2)29-33-17(23)3)27-24(28-22)18-6-5-7-20(10-18)32-14-19(31)12-25-4/h5-7,10-11,15,19,25-26,31H,8-9,12-14H2,1-4H3. The second-order valence-electron chi connectivity index (χ2n) is 8.49. The van der Waals surface area contributed by atoms with Crippen molar-refractivity contribution in [3.8, 4) is 28.4 Å². The Bertz CT molecular complexity index is 1070. The van der Waals surface area contributed by atoms with Gasteiger partial charge < -0.3 is 29.9 Å². The van der Waals surface area contributed by atoms with Crippen LogP contribution in [0.1, 0.15) is 18.4 Å². The van der Waals surface area contributed by atoms with Crippen LogP contribution < -0.4 is 20.3 Å². The molecule has 0 amide bonds. The van der Waals surface area contributed by atoms with Gasteiger partial charge in [-0.3, -0.25) is 0 Å². The van der Waals surface area contributed by atoms with Gasteiger partial charge in [-0.05, 0) is 40.0 Å². The van der Waals surface area contributed by atoms with Crippen molar-refractivity contribution in [2.75, 3.05) is 44.7 Å². The molecule has 1 aromatic carbocycles. The van der Waals surface area contributed by atoms with Crippen LogP contribution >= 0.6 is 0 Å². The molecule has 3 aromatic rings. The maximum atomic E-state index is 9.96. The average molecular weight is 453 g/mol. The molecule has 1 aliphatic heterocycles. The Morgan fingerprint density at radius 3 is 2.88 bits per heavy atom. The topological polar surface area (TPSA) is 109 Å². The third-order valence-corrected chi connectivity index (χ3v) is 5.67. The van der Waals surface area contributed by atoms with Crippen LogP contribution in [0.3, 0.4) is 0 Å². The molecular weight excluding hydrogens is 420 g/mol. The molecule has 1 fully saturated rings. The Morgan fingerprint density at radius 1 is 1.30 bits per heavy atom. The second kappa shape index (κ2) is 10.3. The van der Waals surface area contributed by atoms with Crippen LogP contribution in [0.2, 0.25) is 0 Å². The lowest BCUT2D eigenvalue weighted by molar-refractivity contribution is 0.108. The zero-order valence-electron chi connectivity index (χ0n) is 19.6. The number of aliphatic hydroxyl groups is 1. The third-order valence-electron chi connectivity index (χ3n) is 5.67. The zero-order valence-corrected chi connectivity index (χ0v) is 19.6. The fourth-order valence-electron chi connectivity index (χ4n) is 4.05. The normalized spacial score (nSPS) is 17.2. The number of likely N-dealkylation sites (N-methyl/N-ethyl adjacent to an activating group) is 1. The van der Waals surface area contributed by atoms with E-state index in [0.29, 0.717) is 24.2 Å². The molecule has 2 atom stereocenters. The first-order valence-corrected chi connectivity index (χ1v) is 11.3. The highest BCUT2D eigenvalue weighted by Crippen LogP contribution is 2.31. The Labute approximate surface area is 194 Å². The molecule has 1 saturated heterocycles. The number of rotatable bonds is 8. The largest absolute Gasteiger partial charge is 0.491 e. The molecule has 3 N–H and O–H groups in total. The van der Waals surface area contributed by atoms with Gasteiger partial charge in [0.1, 0.15) is 30.0 Å².